The van der Waals surface area contributed by atoms with E-state index >= 15 is 0 Å². The summed E-state index contributed by atoms with van der Waals surface area (Å²) < 4.78 is 0. The van der Waals surface area contributed by atoms with Gasteiger partial charge < -0.3 is 5.11 Å². The van der Waals surface area contributed by atoms with Gasteiger partial charge in [0.25, 0.3) is 0 Å². The summed E-state index contributed by atoms with van der Waals surface area (Å²) in [6.07, 6.45) is 0.559. The predicted molar refractivity (Wildman–Crippen MR) is 58.3 cm³/mol. The second kappa shape index (κ2) is 7.67. The first-order valence-corrected chi connectivity index (χ1v) is 5.25. The molecule has 0 aliphatic rings. The van der Waals surface area contributed by atoms with Crippen molar-refractivity contribution in [2.45, 2.75) is 32.7 Å². The summed E-state index contributed by atoms with van der Waals surface area (Å²) in [6.45, 7) is 4.44. The minimum atomic E-state index is -0.897. The molecule has 0 spiro atoms. The summed E-state index contributed by atoms with van der Waals surface area (Å²) in [7, 11) is 0. The van der Waals surface area contributed by atoms with Gasteiger partial charge in [0.05, 0.1) is 12.1 Å². The van der Waals surface area contributed by atoms with Crippen molar-refractivity contribution in [2.24, 2.45) is 5.92 Å². The first kappa shape index (κ1) is 14.4. The van der Waals surface area contributed by atoms with E-state index in [1.54, 1.807) is 4.90 Å². The minimum Gasteiger partial charge on any atom is -0.480 e. The van der Waals surface area contributed by atoms with Gasteiger partial charge in [0.2, 0.25) is 0 Å². The van der Waals surface area contributed by atoms with Crippen LogP contribution < -0.4 is 0 Å². The number of hydrogen-bond acceptors (Lipinski definition) is 4. The molecule has 0 heterocycles. The van der Waals surface area contributed by atoms with Crippen LogP contribution in [0.4, 0.5) is 0 Å². The van der Waals surface area contributed by atoms with Gasteiger partial charge in [0.15, 0.2) is 0 Å². The Hall–Kier alpha value is -1.59. The maximum atomic E-state index is 11.1. The third-order valence-electron chi connectivity index (χ3n) is 2.30. The van der Waals surface area contributed by atoms with Gasteiger partial charge in [0.1, 0.15) is 6.04 Å². The summed E-state index contributed by atoms with van der Waals surface area (Å²) in [4.78, 5) is 12.8. The van der Waals surface area contributed by atoms with Gasteiger partial charge in [-0.3, -0.25) is 9.69 Å². The average Bonchev–Trinajstić information content (AvgIpc) is 2.20. The van der Waals surface area contributed by atoms with Crippen LogP contribution in [0, 0.1) is 28.6 Å². The Labute approximate surface area is 95.9 Å². The standard InChI is InChI=1S/C11H17N3O2/c1-9(2)10(11(15)16)14(7-3-5-12)8-4-6-13/h9-10H,3-4,7-8H2,1-2H3,(H,15,16)/t10-/m0/s1. The predicted octanol–water partition coefficient (Wildman–Crippen LogP) is 1.22. The molecule has 0 saturated carbocycles. The van der Waals surface area contributed by atoms with Crippen molar-refractivity contribution in [1.29, 1.82) is 10.5 Å². The fourth-order valence-corrected chi connectivity index (χ4v) is 1.64. The summed E-state index contributed by atoms with van der Waals surface area (Å²) in [6, 6.07) is 3.36. The highest BCUT2D eigenvalue weighted by Gasteiger charge is 2.27. The lowest BCUT2D eigenvalue weighted by Gasteiger charge is -2.29. The highest BCUT2D eigenvalue weighted by molar-refractivity contribution is 5.73. The van der Waals surface area contributed by atoms with E-state index in [2.05, 4.69) is 0 Å². The monoisotopic (exact) mass is 223 g/mol. The number of hydrogen-bond donors (Lipinski definition) is 1. The zero-order valence-corrected chi connectivity index (χ0v) is 9.68. The van der Waals surface area contributed by atoms with E-state index in [4.69, 9.17) is 15.6 Å². The molecule has 0 radical (unpaired) electrons. The van der Waals surface area contributed by atoms with Crippen molar-refractivity contribution < 1.29 is 9.90 Å². The van der Waals surface area contributed by atoms with Crippen LogP contribution in [0.1, 0.15) is 26.7 Å². The first-order chi connectivity index (χ1) is 7.54. The number of rotatable bonds is 7. The number of nitrogens with zero attached hydrogens (tertiary/aromatic N) is 3. The lowest BCUT2D eigenvalue weighted by atomic mass is 10.0. The van der Waals surface area contributed by atoms with Gasteiger partial charge in [-0.1, -0.05) is 13.8 Å². The SMILES string of the molecule is CC(C)[C@@H](C(=O)O)N(CCC#N)CCC#N. The van der Waals surface area contributed by atoms with Crippen molar-refractivity contribution in [3.05, 3.63) is 0 Å². The van der Waals surface area contributed by atoms with E-state index in [1.165, 1.54) is 0 Å². The van der Waals surface area contributed by atoms with E-state index in [9.17, 15) is 4.79 Å². The van der Waals surface area contributed by atoms with Gasteiger partial charge in [-0.25, -0.2) is 0 Å². The molecule has 1 N–H and O–H groups in total. The molecule has 0 unspecified atom stereocenters. The Morgan fingerprint density at radius 3 is 1.94 bits per heavy atom. The molecule has 0 aliphatic carbocycles. The van der Waals surface area contributed by atoms with Crippen LogP contribution in [0.5, 0.6) is 0 Å². The number of carbonyl (C=O) groups is 1. The fraction of sp³-hybridized carbons (Fsp3) is 0.727. The van der Waals surface area contributed by atoms with E-state index in [0.29, 0.717) is 13.1 Å². The molecule has 5 nitrogen and oxygen atoms in total. The Balaban J connectivity index is 4.62. The third-order valence-corrected chi connectivity index (χ3v) is 2.30. The van der Waals surface area contributed by atoms with Crippen molar-refractivity contribution >= 4 is 5.97 Å². The largest absolute Gasteiger partial charge is 0.480 e. The first-order valence-electron chi connectivity index (χ1n) is 5.25. The van der Waals surface area contributed by atoms with Gasteiger partial charge in [-0.2, -0.15) is 10.5 Å². The molecule has 88 valence electrons. The molecule has 0 aromatic heterocycles. The van der Waals surface area contributed by atoms with Crippen molar-refractivity contribution in [3.63, 3.8) is 0 Å². The molecule has 0 saturated heterocycles. The van der Waals surface area contributed by atoms with Gasteiger partial charge in [0, 0.05) is 25.9 Å². The Morgan fingerprint density at radius 2 is 1.69 bits per heavy atom. The lowest BCUT2D eigenvalue weighted by molar-refractivity contribution is -0.145. The summed E-state index contributed by atoms with van der Waals surface area (Å²) in [5.74, 6) is -0.944. The highest BCUT2D eigenvalue weighted by atomic mass is 16.4. The normalized spacial score (nSPS) is 12.1. The second-order valence-electron chi connectivity index (χ2n) is 3.88. The number of carboxylic acids is 1. The quantitative estimate of drug-likeness (QED) is 0.701. The number of aliphatic carboxylic acids is 1. The molecule has 0 fully saturated rings. The fourth-order valence-electron chi connectivity index (χ4n) is 1.64. The maximum Gasteiger partial charge on any atom is 0.321 e. The molecule has 0 aromatic rings. The van der Waals surface area contributed by atoms with Gasteiger partial charge in [-0.15, -0.1) is 0 Å². The molecule has 0 bridgehead atoms. The number of carboxylic acid groups (broad SMARTS) is 1. The Bertz CT molecular complexity index is 283. The second-order valence-corrected chi connectivity index (χ2v) is 3.88. The van der Waals surface area contributed by atoms with Crippen LogP contribution in [0.25, 0.3) is 0 Å². The molecule has 0 rings (SSSR count). The van der Waals surface area contributed by atoms with Crippen molar-refractivity contribution in [2.75, 3.05) is 13.1 Å². The number of nitriles is 2. The van der Waals surface area contributed by atoms with Crippen molar-refractivity contribution in [3.8, 4) is 12.1 Å². The van der Waals surface area contributed by atoms with Crippen LogP contribution in [0.3, 0.4) is 0 Å². The van der Waals surface area contributed by atoms with E-state index < -0.39 is 12.0 Å². The molecule has 16 heavy (non-hydrogen) atoms. The Morgan fingerprint density at radius 1 is 1.25 bits per heavy atom. The molecule has 0 amide bonds. The van der Waals surface area contributed by atoms with Crippen LogP contribution in [0.15, 0.2) is 0 Å². The molecule has 0 aromatic carbocycles. The summed E-state index contributed by atoms with van der Waals surface area (Å²) in [5, 5.41) is 26.1. The average molecular weight is 223 g/mol. The lowest BCUT2D eigenvalue weighted by Crippen LogP contribution is -2.45. The van der Waals surface area contributed by atoms with Crippen LogP contribution in [-0.4, -0.2) is 35.1 Å². The molecular weight excluding hydrogens is 206 g/mol. The summed E-state index contributed by atoms with van der Waals surface area (Å²) in [5.41, 5.74) is 0. The highest BCUT2D eigenvalue weighted by Crippen LogP contribution is 2.12. The van der Waals surface area contributed by atoms with E-state index in [-0.39, 0.29) is 18.8 Å². The van der Waals surface area contributed by atoms with Gasteiger partial charge in [-0.05, 0) is 5.92 Å². The molecule has 5 heteroatoms. The minimum absolute atomic E-state index is 0.0464. The molecule has 0 aliphatic heterocycles. The van der Waals surface area contributed by atoms with Crippen LogP contribution in [-0.2, 0) is 4.79 Å². The van der Waals surface area contributed by atoms with E-state index in [1.807, 2.05) is 26.0 Å². The topological polar surface area (TPSA) is 88.1 Å². The molecular formula is C11H17N3O2. The maximum absolute atomic E-state index is 11.1. The molecule has 1 atom stereocenters. The van der Waals surface area contributed by atoms with Crippen molar-refractivity contribution in [1.82, 2.24) is 4.90 Å². The smallest absolute Gasteiger partial charge is 0.321 e. The third kappa shape index (κ3) is 4.77. The van der Waals surface area contributed by atoms with Crippen LogP contribution >= 0.6 is 0 Å². The van der Waals surface area contributed by atoms with E-state index in [0.717, 1.165) is 0 Å². The van der Waals surface area contributed by atoms with Gasteiger partial charge >= 0.3 is 5.97 Å². The van der Waals surface area contributed by atoms with Crippen LogP contribution in [0.2, 0.25) is 0 Å². The summed E-state index contributed by atoms with van der Waals surface area (Å²) >= 11 is 0. The zero-order chi connectivity index (χ0) is 12.6. The zero-order valence-electron chi connectivity index (χ0n) is 9.68. The Kier molecular flexibility index (Phi) is 6.91.